The van der Waals surface area contributed by atoms with Crippen LogP contribution in [0.3, 0.4) is 0 Å². The van der Waals surface area contributed by atoms with Crippen LogP contribution >= 0.6 is 21.6 Å². The summed E-state index contributed by atoms with van der Waals surface area (Å²) in [7, 11) is 4.16. The van der Waals surface area contributed by atoms with Gasteiger partial charge in [-0.3, -0.25) is 4.99 Å². The Labute approximate surface area is 138 Å². The predicted molar refractivity (Wildman–Crippen MR) is 102 cm³/mol. The molecule has 1 aliphatic rings. The first-order valence-corrected chi connectivity index (χ1v) is 10.5. The highest BCUT2D eigenvalue weighted by Gasteiger charge is 2.15. The topological polar surface area (TPSA) is 24.4 Å². The van der Waals surface area contributed by atoms with Gasteiger partial charge in [0, 0.05) is 23.8 Å². The highest BCUT2D eigenvalue weighted by Crippen LogP contribution is 2.39. The summed E-state index contributed by atoms with van der Waals surface area (Å²) in [6.45, 7) is 8.89. The Morgan fingerprint density at radius 3 is 2.90 bits per heavy atom. The second-order valence-corrected chi connectivity index (χ2v) is 8.24. The molecule has 1 aliphatic heterocycles. The molecule has 1 atom stereocenters. The van der Waals surface area contributed by atoms with Crippen LogP contribution < -0.4 is 5.32 Å². The number of nitrogens with one attached hydrogen (secondary N) is 1. The molecule has 120 valence electrons. The van der Waals surface area contributed by atoms with Crippen molar-refractivity contribution in [3.8, 4) is 0 Å². The van der Waals surface area contributed by atoms with Crippen molar-refractivity contribution in [3.63, 3.8) is 0 Å². The second kappa shape index (κ2) is 13.5. The summed E-state index contributed by atoms with van der Waals surface area (Å²) in [5.41, 5.74) is 1.16. The lowest BCUT2D eigenvalue weighted by Gasteiger charge is -2.07. The Morgan fingerprint density at radius 2 is 2.14 bits per heavy atom. The maximum Gasteiger partial charge on any atom is 0.0401 e. The van der Waals surface area contributed by atoms with Gasteiger partial charge in [-0.05, 0) is 51.8 Å². The molecule has 0 saturated carbocycles. The molecule has 1 rings (SSSR count). The monoisotopic (exact) mass is 326 g/mol. The van der Waals surface area contributed by atoms with Crippen LogP contribution in [0.4, 0.5) is 0 Å². The fraction of sp³-hybridized carbons (Fsp3) is 0.706. The van der Waals surface area contributed by atoms with Gasteiger partial charge in [-0.1, -0.05) is 52.7 Å². The first-order chi connectivity index (χ1) is 10.3. The van der Waals surface area contributed by atoms with Gasteiger partial charge in [0.25, 0.3) is 0 Å². The number of nitrogens with zero attached hydrogens (tertiary/aromatic N) is 1. The molecule has 0 aromatic carbocycles. The normalized spacial score (nSPS) is 19.5. The fourth-order valence-corrected chi connectivity index (χ4v) is 5.12. The molecule has 1 N–H and O–H groups in total. The zero-order valence-corrected chi connectivity index (χ0v) is 15.0. The molecule has 0 aromatic heterocycles. The lowest BCUT2D eigenvalue weighted by atomic mass is 10.1. The van der Waals surface area contributed by atoms with Crippen molar-refractivity contribution < 1.29 is 0 Å². The lowest BCUT2D eigenvalue weighted by molar-refractivity contribution is 0.573. The van der Waals surface area contributed by atoms with Crippen LogP contribution in [0.2, 0.25) is 0 Å². The van der Waals surface area contributed by atoms with Crippen molar-refractivity contribution in [2.45, 2.75) is 50.7 Å². The Balaban J connectivity index is 1.79. The summed E-state index contributed by atoms with van der Waals surface area (Å²) in [5.74, 6) is 1.36. The van der Waals surface area contributed by atoms with E-state index in [1.807, 2.05) is 25.3 Å². The first kappa shape index (κ1) is 18.9. The van der Waals surface area contributed by atoms with Crippen molar-refractivity contribution in [1.82, 2.24) is 5.32 Å². The van der Waals surface area contributed by atoms with E-state index in [2.05, 4.69) is 38.5 Å². The van der Waals surface area contributed by atoms with Crippen LogP contribution in [0, 0.1) is 0 Å². The Hall–Kier alpha value is -0.190. The van der Waals surface area contributed by atoms with Gasteiger partial charge in [-0.15, -0.1) is 0 Å². The number of hydrogen-bond donors (Lipinski definition) is 1. The molecule has 21 heavy (non-hydrogen) atoms. The van der Waals surface area contributed by atoms with Crippen LogP contribution in [0.1, 0.15) is 45.4 Å². The van der Waals surface area contributed by atoms with Crippen molar-refractivity contribution >= 4 is 27.8 Å². The Bertz CT molecular complexity index is 321. The summed E-state index contributed by atoms with van der Waals surface area (Å²) in [6.07, 6.45) is 13.8. The van der Waals surface area contributed by atoms with Crippen LogP contribution in [0.5, 0.6) is 0 Å². The third kappa shape index (κ3) is 11.1. The summed E-state index contributed by atoms with van der Waals surface area (Å²) in [4.78, 5) is 4.36. The van der Waals surface area contributed by atoms with Crippen molar-refractivity contribution in [2.75, 3.05) is 25.4 Å². The molecule has 1 heterocycles. The molecule has 4 heteroatoms. The van der Waals surface area contributed by atoms with Crippen molar-refractivity contribution in [1.29, 1.82) is 0 Å². The molecule has 2 nitrogen and oxygen atoms in total. The third-order valence-corrected chi connectivity index (χ3v) is 6.52. The number of hydrogen-bond acceptors (Lipinski definition) is 4. The standard InChI is InChI=1S/C17H30N2S2/c1-3-16(2)9-14-19-13-7-12-18-11-6-4-5-8-17-10-15-20-21-17/h3,9,14,17-18H,1,4-8,10-13,15H2,2H3/b16-9-,19-14?. The average Bonchev–Trinajstić information content (AvgIpc) is 3.01. The van der Waals surface area contributed by atoms with Crippen molar-refractivity contribution in [2.24, 2.45) is 4.99 Å². The van der Waals surface area contributed by atoms with E-state index in [0.717, 1.165) is 36.9 Å². The number of allylic oxidation sites excluding steroid dienone is 3. The quantitative estimate of drug-likeness (QED) is 0.239. The second-order valence-electron chi connectivity index (χ2n) is 5.45. The highest BCUT2D eigenvalue weighted by molar-refractivity contribution is 8.77. The Kier molecular flexibility index (Phi) is 12.1. The summed E-state index contributed by atoms with van der Waals surface area (Å²) in [6, 6.07) is 0. The molecule has 0 aliphatic carbocycles. The smallest absolute Gasteiger partial charge is 0.0401 e. The van der Waals surface area contributed by atoms with Crippen molar-refractivity contribution in [3.05, 3.63) is 24.3 Å². The van der Waals surface area contributed by atoms with E-state index in [0.29, 0.717) is 0 Å². The third-order valence-electron chi connectivity index (χ3n) is 3.51. The molecular weight excluding hydrogens is 296 g/mol. The van der Waals surface area contributed by atoms with Gasteiger partial charge < -0.3 is 5.32 Å². The predicted octanol–water partition coefficient (Wildman–Crippen LogP) is 4.88. The molecule has 0 spiro atoms. The lowest BCUT2D eigenvalue weighted by Crippen LogP contribution is -2.17. The fourth-order valence-electron chi connectivity index (χ4n) is 2.10. The van der Waals surface area contributed by atoms with E-state index in [4.69, 9.17) is 0 Å². The van der Waals surface area contributed by atoms with E-state index >= 15 is 0 Å². The first-order valence-electron chi connectivity index (χ1n) is 8.11. The minimum absolute atomic E-state index is 0.907. The molecule has 0 amide bonds. The SMILES string of the molecule is C=C/C(C)=C\C=NCCCNCCCCCC1CCSS1. The Morgan fingerprint density at radius 1 is 1.29 bits per heavy atom. The van der Waals surface area contributed by atoms with Crippen LogP contribution in [-0.2, 0) is 0 Å². The van der Waals surface area contributed by atoms with Gasteiger partial charge in [0.05, 0.1) is 0 Å². The highest BCUT2D eigenvalue weighted by atomic mass is 33.1. The summed E-state index contributed by atoms with van der Waals surface area (Å²) in [5, 5.41) is 4.45. The molecule has 0 bridgehead atoms. The summed E-state index contributed by atoms with van der Waals surface area (Å²) >= 11 is 0. The van der Waals surface area contributed by atoms with Crippen LogP contribution in [-0.4, -0.2) is 36.9 Å². The van der Waals surface area contributed by atoms with Crippen LogP contribution in [0.15, 0.2) is 29.3 Å². The average molecular weight is 327 g/mol. The molecular formula is C17H30N2S2. The van der Waals surface area contributed by atoms with E-state index in [-0.39, 0.29) is 0 Å². The van der Waals surface area contributed by atoms with Crippen LogP contribution in [0.25, 0.3) is 0 Å². The van der Waals surface area contributed by atoms with Gasteiger partial charge in [-0.25, -0.2) is 0 Å². The maximum atomic E-state index is 4.36. The summed E-state index contributed by atoms with van der Waals surface area (Å²) < 4.78 is 0. The zero-order chi connectivity index (χ0) is 15.2. The molecule has 1 saturated heterocycles. The van der Waals surface area contributed by atoms with Gasteiger partial charge in [0.1, 0.15) is 0 Å². The zero-order valence-electron chi connectivity index (χ0n) is 13.4. The van der Waals surface area contributed by atoms with E-state index in [1.54, 1.807) is 0 Å². The number of rotatable bonds is 12. The molecule has 0 radical (unpaired) electrons. The van der Waals surface area contributed by atoms with Gasteiger partial charge in [0.15, 0.2) is 0 Å². The minimum atomic E-state index is 0.907. The molecule has 1 fully saturated rings. The van der Waals surface area contributed by atoms with Gasteiger partial charge in [0.2, 0.25) is 0 Å². The van der Waals surface area contributed by atoms with E-state index in [9.17, 15) is 0 Å². The molecule has 1 unspecified atom stereocenters. The van der Waals surface area contributed by atoms with Gasteiger partial charge >= 0.3 is 0 Å². The van der Waals surface area contributed by atoms with Gasteiger partial charge in [-0.2, -0.15) is 0 Å². The maximum absolute atomic E-state index is 4.36. The largest absolute Gasteiger partial charge is 0.317 e. The molecule has 0 aromatic rings. The van der Waals surface area contributed by atoms with E-state index < -0.39 is 0 Å². The van der Waals surface area contributed by atoms with E-state index in [1.165, 1.54) is 37.9 Å². The number of unbranched alkanes of at least 4 members (excludes halogenated alkanes) is 2. The number of aliphatic imine (C=N–C) groups is 1. The minimum Gasteiger partial charge on any atom is -0.317 e.